The minimum Gasteiger partial charge on any atom is -0.308 e. The molecular weight excluding hydrogens is 321 g/mol. The van der Waals surface area contributed by atoms with Crippen LogP contribution in [0.15, 0.2) is 36.5 Å². The molecule has 0 radical (unpaired) electrons. The Morgan fingerprint density at radius 3 is 2.23 bits per heavy atom. The second kappa shape index (κ2) is 6.55. The van der Waals surface area contributed by atoms with Crippen LogP contribution in [-0.2, 0) is 5.41 Å². The minimum absolute atomic E-state index is 0.0854. The highest BCUT2D eigenvalue weighted by Gasteiger charge is 2.16. The Kier molecular flexibility index (Phi) is 4.94. The average molecular weight is 338 g/mol. The van der Waals surface area contributed by atoms with Crippen molar-refractivity contribution >= 4 is 40.6 Å². The molecule has 6 heteroatoms. The molecule has 0 bridgehead atoms. The summed E-state index contributed by atoms with van der Waals surface area (Å²) in [6, 6.07) is 8.14. The summed E-state index contributed by atoms with van der Waals surface area (Å²) in [5, 5.41) is 6.30. The van der Waals surface area contributed by atoms with Crippen LogP contribution >= 0.6 is 23.2 Å². The van der Waals surface area contributed by atoms with Gasteiger partial charge < -0.3 is 10.6 Å². The average Bonchev–Trinajstić information content (AvgIpc) is 2.42. The zero-order valence-electron chi connectivity index (χ0n) is 12.6. The van der Waals surface area contributed by atoms with Gasteiger partial charge in [-0.05, 0) is 30.3 Å². The van der Waals surface area contributed by atoms with Gasteiger partial charge in [0.15, 0.2) is 0 Å². The Morgan fingerprint density at radius 2 is 1.64 bits per heavy atom. The van der Waals surface area contributed by atoms with Crippen LogP contribution in [0.25, 0.3) is 0 Å². The number of nitrogens with zero attached hydrogens (tertiary/aromatic N) is 1. The standard InChI is InChI=1S/C16H17Cl2N3O/c1-16(2,3)14-9-11(6-7-19-14)21-15(22)20-10-4-5-12(17)13(18)8-10/h4-9H,1-3H3,(H2,19,20,21,22). The molecule has 0 fully saturated rings. The van der Waals surface area contributed by atoms with Gasteiger partial charge >= 0.3 is 6.03 Å². The molecular formula is C16H17Cl2N3O. The maximum Gasteiger partial charge on any atom is 0.323 e. The molecule has 0 aliphatic carbocycles. The van der Waals surface area contributed by atoms with Crippen LogP contribution < -0.4 is 10.6 Å². The van der Waals surface area contributed by atoms with E-state index in [2.05, 4.69) is 36.4 Å². The van der Waals surface area contributed by atoms with E-state index in [1.165, 1.54) is 0 Å². The number of aromatic nitrogens is 1. The molecule has 116 valence electrons. The van der Waals surface area contributed by atoms with E-state index in [0.29, 0.717) is 21.4 Å². The summed E-state index contributed by atoms with van der Waals surface area (Å²) < 4.78 is 0. The molecule has 1 aromatic carbocycles. The Bertz CT molecular complexity index is 696. The van der Waals surface area contributed by atoms with Gasteiger partial charge in [0, 0.05) is 28.7 Å². The normalized spacial score (nSPS) is 11.1. The van der Waals surface area contributed by atoms with Gasteiger partial charge in [0.05, 0.1) is 10.0 Å². The van der Waals surface area contributed by atoms with Crippen LogP contribution in [0.4, 0.5) is 16.2 Å². The zero-order chi connectivity index (χ0) is 16.3. The third kappa shape index (κ3) is 4.36. The van der Waals surface area contributed by atoms with Gasteiger partial charge in [0.25, 0.3) is 0 Å². The number of hydrogen-bond acceptors (Lipinski definition) is 2. The molecule has 2 amide bonds. The van der Waals surface area contributed by atoms with Crippen LogP contribution in [0, 0.1) is 0 Å². The molecule has 2 rings (SSSR count). The molecule has 0 saturated carbocycles. The first kappa shape index (κ1) is 16.6. The number of rotatable bonds is 2. The number of anilines is 2. The highest BCUT2D eigenvalue weighted by Crippen LogP contribution is 2.25. The number of hydrogen-bond donors (Lipinski definition) is 2. The quantitative estimate of drug-likeness (QED) is 0.777. The Hall–Kier alpha value is -1.78. The van der Waals surface area contributed by atoms with Crippen molar-refractivity contribution in [1.82, 2.24) is 4.98 Å². The lowest BCUT2D eigenvalue weighted by molar-refractivity contribution is 0.262. The minimum atomic E-state index is -0.357. The lowest BCUT2D eigenvalue weighted by Crippen LogP contribution is -2.20. The monoisotopic (exact) mass is 337 g/mol. The van der Waals surface area contributed by atoms with Crippen molar-refractivity contribution in [2.24, 2.45) is 0 Å². The highest BCUT2D eigenvalue weighted by molar-refractivity contribution is 6.42. The van der Waals surface area contributed by atoms with Crippen molar-refractivity contribution < 1.29 is 4.79 Å². The summed E-state index contributed by atoms with van der Waals surface area (Å²) in [4.78, 5) is 16.3. The van der Waals surface area contributed by atoms with Crippen LogP contribution in [0.5, 0.6) is 0 Å². The van der Waals surface area contributed by atoms with Gasteiger partial charge in [0.1, 0.15) is 0 Å². The number of halogens is 2. The van der Waals surface area contributed by atoms with Gasteiger partial charge in [-0.3, -0.25) is 4.98 Å². The van der Waals surface area contributed by atoms with E-state index in [1.807, 2.05) is 6.07 Å². The Labute approximate surface area is 139 Å². The van der Waals surface area contributed by atoms with Crippen LogP contribution in [0.3, 0.4) is 0 Å². The zero-order valence-corrected chi connectivity index (χ0v) is 14.1. The van der Waals surface area contributed by atoms with E-state index < -0.39 is 0 Å². The Morgan fingerprint density at radius 1 is 1.00 bits per heavy atom. The smallest absolute Gasteiger partial charge is 0.308 e. The molecule has 0 aliphatic rings. The van der Waals surface area contributed by atoms with Gasteiger partial charge in [0.2, 0.25) is 0 Å². The summed E-state index contributed by atoms with van der Waals surface area (Å²) >= 11 is 11.8. The number of carbonyl (C=O) groups is 1. The summed E-state index contributed by atoms with van der Waals surface area (Å²) in [5.74, 6) is 0. The molecule has 0 unspecified atom stereocenters. The molecule has 1 heterocycles. The largest absolute Gasteiger partial charge is 0.323 e. The first-order valence-corrected chi connectivity index (χ1v) is 7.51. The highest BCUT2D eigenvalue weighted by atomic mass is 35.5. The van der Waals surface area contributed by atoms with Crippen LogP contribution in [-0.4, -0.2) is 11.0 Å². The molecule has 0 spiro atoms. The number of benzene rings is 1. The van der Waals surface area contributed by atoms with Gasteiger partial charge in [-0.25, -0.2) is 4.79 Å². The number of carbonyl (C=O) groups excluding carboxylic acids is 1. The van der Waals surface area contributed by atoms with Crippen molar-refractivity contribution in [3.63, 3.8) is 0 Å². The van der Waals surface area contributed by atoms with Gasteiger partial charge in [-0.2, -0.15) is 0 Å². The van der Waals surface area contributed by atoms with E-state index in [-0.39, 0.29) is 11.4 Å². The third-order valence-electron chi connectivity index (χ3n) is 2.96. The van der Waals surface area contributed by atoms with Gasteiger partial charge in [-0.15, -0.1) is 0 Å². The Balaban J connectivity index is 2.07. The van der Waals surface area contributed by atoms with E-state index in [4.69, 9.17) is 23.2 Å². The van der Waals surface area contributed by atoms with Gasteiger partial charge in [-0.1, -0.05) is 44.0 Å². The summed E-state index contributed by atoms with van der Waals surface area (Å²) in [7, 11) is 0. The molecule has 2 aromatic rings. The van der Waals surface area contributed by atoms with E-state index in [1.54, 1.807) is 30.5 Å². The maximum atomic E-state index is 12.0. The van der Waals surface area contributed by atoms with E-state index in [0.717, 1.165) is 5.69 Å². The molecule has 4 nitrogen and oxygen atoms in total. The van der Waals surface area contributed by atoms with Crippen LogP contribution in [0.2, 0.25) is 10.0 Å². The van der Waals surface area contributed by atoms with E-state index >= 15 is 0 Å². The number of pyridine rings is 1. The predicted molar refractivity (Wildman–Crippen MR) is 92.0 cm³/mol. The lowest BCUT2D eigenvalue weighted by atomic mass is 9.91. The lowest BCUT2D eigenvalue weighted by Gasteiger charge is -2.18. The fraction of sp³-hybridized carbons (Fsp3) is 0.250. The van der Waals surface area contributed by atoms with Crippen molar-refractivity contribution in [2.45, 2.75) is 26.2 Å². The first-order chi connectivity index (χ1) is 10.3. The summed E-state index contributed by atoms with van der Waals surface area (Å²) in [6.45, 7) is 6.19. The first-order valence-electron chi connectivity index (χ1n) is 6.75. The fourth-order valence-electron chi connectivity index (χ4n) is 1.79. The number of urea groups is 1. The molecule has 22 heavy (non-hydrogen) atoms. The van der Waals surface area contributed by atoms with Crippen molar-refractivity contribution in [3.05, 3.63) is 52.3 Å². The molecule has 2 N–H and O–H groups in total. The topological polar surface area (TPSA) is 54.0 Å². The second-order valence-electron chi connectivity index (χ2n) is 5.89. The predicted octanol–water partition coefficient (Wildman–Crippen LogP) is 5.33. The SMILES string of the molecule is CC(C)(C)c1cc(NC(=O)Nc2ccc(Cl)c(Cl)c2)ccn1. The van der Waals surface area contributed by atoms with Crippen molar-refractivity contribution in [2.75, 3.05) is 10.6 Å². The number of amides is 2. The molecule has 0 saturated heterocycles. The van der Waals surface area contributed by atoms with Crippen LogP contribution in [0.1, 0.15) is 26.5 Å². The summed E-state index contributed by atoms with van der Waals surface area (Å²) in [6.07, 6.45) is 1.68. The number of nitrogens with one attached hydrogen (secondary N) is 2. The van der Waals surface area contributed by atoms with E-state index in [9.17, 15) is 4.79 Å². The van der Waals surface area contributed by atoms with Crippen molar-refractivity contribution in [3.8, 4) is 0 Å². The molecule has 0 atom stereocenters. The fourth-order valence-corrected chi connectivity index (χ4v) is 2.08. The van der Waals surface area contributed by atoms with Crippen molar-refractivity contribution in [1.29, 1.82) is 0 Å². The third-order valence-corrected chi connectivity index (χ3v) is 3.70. The maximum absolute atomic E-state index is 12.0. The molecule has 1 aromatic heterocycles. The summed E-state index contributed by atoms with van der Waals surface area (Å²) in [5.41, 5.74) is 2.06. The second-order valence-corrected chi connectivity index (χ2v) is 6.70. The molecule has 0 aliphatic heterocycles.